The zero-order valence-electron chi connectivity index (χ0n) is 12.8. The number of fused-ring (bicyclic) bond motifs is 1. The number of benzene rings is 1. The first kappa shape index (κ1) is 16.1. The van der Waals surface area contributed by atoms with Crippen LogP contribution in [0, 0.1) is 6.92 Å². The summed E-state index contributed by atoms with van der Waals surface area (Å²) in [5, 5.41) is 4.48. The first-order valence-electron chi connectivity index (χ1n) is 7.26. The van der Waals surface area contributed by atoms with Gasteiger partial charge in [-0.3, -0.25) is 4.79 Å². The second kappa shape index (κ2) is 6.37. The molecule has 0 radical (unpaired) electrons. The SMILES string of the molecule is CCn1nccc1OC(=O)c1cc(Cl)c2c(c1C)C(=O)CCS2. The molecule has 5 nitrogen and oxygen atoms in total. The molecule has 3 rings (SSSR count). The average molecular weight is 351 g/mol. The summed E-state index contributed by atoms with van der Waals surface area (Å²) in [5.74, 6) is 0.563. The van der Waals surface area contributed by atoms with E-state index in [0.29, 0.717) is 46.3 Å². The van der Waals surface area contributed by atoms with E-state index in [9.17, 15) is 9.59 Å². The van der Waals surface area contributed by atoms with E-state index in [1.807, 2.05) is 6.92 Å². The van der Waals surface area contributed by atoms with Crippen LogP contribution in [0.4, 0.5) is 0 Å². The maximum Gasteiger partial charge on any atom is 0.345 e. The number of nitrogens with zero attached hydrogens (tertiary/aromatic N) is 2. The van der Waals surface area contributed by atoms with Crippen LogP contribution in [0.1, 0.15) is 39.6 Å². The summed E-state index contributed by atoms with van der Waals surface area (Å²) < 4.78 is 6.99. The van der Waals surface area contributed by atoms with E-state index in [4.69, 9.17) is 16.3 Å². The molecule has 2 heterocycles. The number of carbonyl (C=O) groups excluding carboxylic acids is 2. The van der Waals surface area contributed by atoms with Gasteiger partial charge in [-0.15, -0.1) is 11.8 Å². The molecule has 0 saturated carbocycles. The number of hydrogen-bond donors (Lipinski definition) is 0. The number of carbonyl (C=O) groups is 2. The Bertz CT molecular complexity index is 801. The van der Waals surface area contributed by atoms with Gasteiger partial charge in [-0.25, -0.2) is 9.48 Å². The summed E-state index contributed by atoms with van der Waals surface area (Å²) >= 11 is 7.82. The van der Waals surface area contributed by atoms with Crippen LogP contribution in [0.3, 0.4) is 0 Å². The van der Waals surface area contributed by atoms with Crippen molar-refractivity contribution in [2.75, 3.05) is 5.75 Å². The smallest absolute Gasteiger partial charge is 0.345 e. The van der Waals surface area contributed by atoms with E-state index in [1.165, 1.54) is 0 Å². The lowest BCUT2D eigenvalue weighted by Crippen LogP contribution is -2.18. The molecule has 0 N–H and O–H groups in total. The summed E-state index contributed by atoms with van der Waals surface area (Å²) in [7, 11) is 0. The number of hydrogen-bond acceptors (Lipinski definition) is 5. The Hall–Kier alpha value is -1.79. The lowest BCUT2D eigenvalue weighted by Gasteiger charge is -2.20. The van der Waals surface area contributed by atoms with E-state index in [2.05, 4.69) is 5.10 Å². The van der Waals surface area contributed by atoms with Crippen molar-refractivity contribution in [2.45, 2.75) is 31.7 Å². The number of rotatable bonds is 3. The highest BCUT2D eigenvalue weighted by Crippen LogP contribution is 2.39. The molecule has 0 fully saturated rings. The van der Waals surface area contributed by atoms with Gasteiger partial charge in [0.25, 0.3) is 0 Å². The Kier molecular flexibility index (Phi) is 4.46. The van der Waals surface area contributed by atoms with Crippen molar-refractivity contribution in [3.05, 3.63) is 40.0 Å². The van der Waals surface area contributed by atoms with Crippen LogP contribution in [-0.4, -0.2) is 27.3 Å². The van der Waals surface area contributed by atoms with Crippen LogP contribution in [0.2, 0.25) is 5.02 Å². The van der Waals surface area contributed by atoms with Gasteiger partial charge in [0.2, 0.25) is 5.88 Å². The van der Waals surface area contributed by atoms with Gasteiger partial charge in [0.05, 0.1) is 16.8 Å². The zero-order valence-corrected chi connectivity index (χ0v) is 14.3. The molecule has 2 aromatic rings. The summed E-state index contributed by atoms with van der Waals surface area (Å²) in [6, 6.07) is 3.20. The van der Waals surface area contributed by atoms with Crippen LogP contribution in [0.25, 0.3) is 0 Å². The van der Waals surface area contributed by atoms with Gasteiger partial charge in [-0.1, -0.05) is 11.6 Å². The van der Waals surface area contributed by atoms with Gasteiger partial charge in [-0.05, 0) is 25.5 Å². The molecule has 0 saturated heterocycles. The Morgan fingerprint density at radius 2 is 2.30 bits per heavy atom. The number of halogens is 1. The number of thioether (sulfide) groups is 1. The van der Waals surface area contributed by atoms with E-state index < -0.39 is 5.97 Å². The minimum atomic E-state index is -0.536. The molecule has 120 valence electrons. The summed E-state index contributed by atoms with van der Waals surface area (Å²) in [4.78, 5) is 25.5. The lowest BCUT2D eigenvalue weighted by molar-refractivity contribution is 0.0717. The van der Waals surface area contributed by atoms with Crippen LogP contribution in [0.5, 0.6) is 5.88 Å². The monoisotopic (exact) mass is 350 g/mol. The Labute approximate surface area is 143 Å². The van der Waals surface area contributed by atoms with Crippen molar-refractivity contribution in [1.82, 2.24) is 9.78 Å². The number of aryl methyl sites for hydroxylation is 1. The number of esters is 1. The maximum atomic E-state index is 12.5. The van der Waals surface area contributed by atoms with Crippen LogP contribution < -0.4 is 4.74 Å². The molecular weight excluding hydrogens is 336 g/mol. The first-order chi connectivity index (χ1) is 11.0. The van der Waals surface area contributed by atoms with Gasteiger partial charge in [0, 0.05) is 35.2 Å². The highest BCUT2D eigenvalue weighted by molar-refractivity contribution is 7.99. The standard InChI is InChI=1S/C16H15ClN2O3S/c1-3-19-13(4-6-18-19)22-16(21)10-8-11(17)15-14(9(10)2)12(20)5-7-23-15/h4,6,8H,3,5,7H2,1-2H3. The van der Waals surface area contributed by atoms with Crippen molar-refractivity contribution in [3.8, 4) is 5.88 Å². The van der Waals surface area contributed by atoms with Crippen molar-refractivity contribution in [1.29, 1.82) is 0 Å². The summed E-state index contributed by atoms with van der Waals surface area (Å²) in [6.07, 6.45) is 2.02. The van der Waals surface area contributed by atoms with E-state index in [-0.39, 0.29) is 5.78 Å². The normalized spacial score (nSPS) is 13.8. The van der Waals surface area contributed by atoms with Gasteiger partial charge in [0.15, 0.2) is 5.78 Å². The second-order valence-corrected chi connectivity index (χ2v) is 6.64. The van der Waals surface area contributed by atoms with Gasteiger partial charge >= 0.3 is 5.97 Å². The van der Waals surface area contributed by atoms with E-state index in [1.54, 1.807) is 41.7 Å². The number of ketones is 1. The molecule has 1 aliphatic heterocycles. The Balaban J connectivity index is 2.00. The molecule has 1 aliphatic rings. The van der Waals surface area contributed by atoms with Crippen molar-refractivity contribution in [3.63, 3.8) is 0 Å². The van der Waals surface area contributed by atoms with Crippen molar-refractivity contribution >= 4 is 35.1 Å². The molecule has 23 heavy (non-hydrogen) atoms. The van der Waals surface area contributed by atoms with E-state index >= 15 is 0 Å². The molecule has 0 atom stereocenters. The van der Waals surface area contributed by atoms with Crippen LogP contribution in [0.15, 0.2) is 23.2 Å². The molecule has 0 amide bonds. The van der Waals surface area contributed by atoms with Gasteiger partial charge in [-0.2, -0.15) is 5.10 Å². The first-order valence-corrected chi connectivity index (χ1v) is 8.62. The van der Waals surface area contributed by atoms with Crippen LogP contribution in [-0.2, 0) is 6.54 Å². The van der Waals surface area contributed by atoms with Gasteiger partial charge in [0.1, 0.15) is 0 Å². The molecule has 1 aromatic carbocycles. The third-order valence-electron chi connectivity index (χ3n) is 3.74. The fourth-order valence-corrected chi connectivity index (χ4v) is 4.05. The molecule has 7 heteroatoms. The predicted molar refractivity (Wildman–Crippen MR) is 88.7 cm³/mol. The van der Waals surface area contributed by atoms with Crippen LogP contribution >= 0.6 is 23.4 Å². The highest BCUT2D eigenvalue weighted by Gasteiger charge is 2.27. The minimum Gasteiger partial charge on any atom is -0.404 e. The lowest BCUT2D eigenvalue weighted by atomic mass is 9.97. The van der Waals surface area contributed by atoms with Gasteiger partial charge < -0.3 is 4.74 Å². The molecular formula is C16H15ClN2O3S. The summed E-state index contributed by atoms with van der Waals surface area (Å²) in [5.41, 5.74) is 1.48. The molecule has 0 spiro atoms. The highest BCUT2D eigenvalue weighted by atomic mass is 35.5. The average Bonchev–Trinajstić information content (AvgIpc) is 2.97. The quantitative estimate of drug-likeness (QED) is 0.789. The zero-order chi connectivity index (χ0) is 16.6. The Morgan fingerprint density at radius 1 is 1.52 bits per heavy atom. The fraction of sp³-hybridized carbons (Fsp3) is 0.312. The fourth-order valence-electron chi connectivity index (χ4n) is 2.58. The third kappa shape index (κ3) is 2.88. The molecule has 0 unspecified atom stereocenters. The maximum absolute atomic E-state index is 12.5. The largest absolute Gasteiger partial charge is 0.404 e. The third-order valence-corrected chi connectivity index (χ3v) is 5.27. The van der Waals surface area contributed by atoms with Crippen molar-refractivity contribution in [2.24, 2.45) is 0 Å². The Morgan fingerprint density at radius 3 is 3.04 bits per heavy atom. The molecule has 0 aliphatic carbocycles. The minimum absolute atomic E-state index is 0.0198. The second-order valence-electron chi connectivity index (χ2n) is 5.13. The number of Topliss-reactive ketones (excluding diaryl/α,β-unsaturated/α-hetero) is 1. The molecule has 0 bridgehead atoms. The number of aromatic nitrogens is 2. The predicted octanol–water partition coefficient (Wildman–Crippen LogP) is 3.76. The van der Waals surface area contributed by atoms with Crippen molar-refractivity contribution < 1.29 is 14.3 Å². The number of ether oxygens (including phenoxy) is 1. The topological polar surface area (TPSA) is 61.2 Å². The molecule has 1 aromatic heterocycles. The van der Waals surface area contributed by atoms with E-state index in [0.717, 1.165) is 4.90 Å². The summed E-state index contributed by atoms with van der Waals surface area (Å²) in [6.45, 7) is 4.25.